The van der Waals surface area contributed by atoms with Gasteiger partial charge in [-0.05, 0) is 11.9 Å². The fourth-order valence-electron chi connectivity index (χ4n) is 0.390. The van der Waals surface area contributed by atoms with Gasteiger partial charge >= 0.3 is 0 Å². The second kappa shape index (κ2) is 4.91. The van der Waals surface area contributed by atoms with Crippen molar-refractivity contribution in [2.24, 2.45) is 0 Å². The first-order chi connectivity index (χ1) is 5.67. The van der Waals surface area contributed by atoms with Gasteiger partial charge in [0.2, 0.25) is 10.0 Å². The number of rotatable bonds is 3. The molecule has 0 spiro atoms. The highest BCUT2D eigenvalue weighted by Crippen LogP contribution is 2.41. The molecule has 0 aromatic rings. The van der Waals surface area contributed by atoms with E-state index in [9.17, 15) is 8.42 Å². The number of halogens is 3. The lowest BCUT2D eigenvalue weighted by Gasteiger charge is -2.19. The van der Waals surface area contributed by atoms with Crippen molar-refractivity contribution in [3.05, 3.63) is 0 Å². The Morgan fingerprint density at radius 3 is 2.23 bits per heavy atom. The molecule has 0 saturated heterocycles. The zero-order chi connectivity index (χ0) is 10.7. The molecule has 0 unspecified atom stereocenters. The van der Waals surface area contributed by atoms with E-state index in [1.54, 1.807) is 6.07 Å². The van der Waals surface area contributed by atoms with Crippen molar-refractivity contribution >= 4 is 56.8 Å². The molecule has 13 heavy (non-hydrogen) atoms. The predicted molar refractivity (Wildman–Crippen MR) is 55.0 cm³/mol. The van der Waals surface area contributed by atoms with Crippen LogP contribution in [0, 0.1) is 11.3 Å². The van der Waals surface area contributed by atoms with Crippen molar-refractivity contribution in [2.75, 3.05) is 12.8 Å². The van der Waals surface area contributed by atoms with Crippen LogP contribution in [0.4, 0.5) is 0 Å². The fraction of sp³-hybridized carbons (Fsp3) is 0.750. The second-order valence-electron chi connectivity index (χ2n) is 1.92. The van der Waals surface area contributed by atoms with E-state index in [4.69, 9.17) is 40.1 Å². The summed E-state index contributed by atoms with van der Waals surface area (Å²) >= 11 is 16.5. The lowest BCUT2D eigenvalue weighted by molar-refractivity contribution is 0.563. The molecule has 0 amide bonds. The Labute approximate surface area is 95.9 Å². The minimum absolute atomic E-state index is 0.364. The van der Waals surface area contributed by atoms with Crippen molar-refractivity contribution in [1.29, 1.82) is 5.26 Å². The first kappa shape index (κ1) is 13.6. The van der Waals surface area contributed by atoms with Crippen LogP contribution in [0.15, 0.2) is 0 Å². The highest BCUT2D eigenvalue weighted by atomic mass is 35.6. The minimum Gasteiger partial charge on any atom is -0.212 e. The highest BCUT2D eigenvalue weighted by molar-refractivity contribution is 8.11. The Morgan fingerprint density at radius 1 is 1.54 bits per heavy atom. The third-order valence-electron chi connectivity index (χ3n) is 0.775. The molecule has 0 rings (SSSR count). The number of hydrogen-bond donors (Lipinski definition) is 0. The van der Waals surface area contributed by atoms with Crippen LogP contribution in [0.25, 0.3) is 0 Å². The maximum atomic E-state index is 11.0. The lowest BCUT2D eigenvalue weighted by atomic mass is 10.8. The van der Waals surface area contributed by atoms with E-state index in [1.165, 1.54) is 0 Å². The van der Waals surface area contributed by atoms with E-state index in [0.29, 0.717) is 15.7 Å². The molecule has 0 aromatic heterocycles. The zero-order valence-corrected chi connectivity index (χ0v) is 10.3. The van der Waals surface area contributed by atoms with Gasteiger partial charge in [-0.3, -0.25) is 0 Å². The Bertz CT molecular complexity index is 304. The van der Waals surface area contributed by atoms with Crippen LogP contribution in [-0.4, -0.2) is 28.1 Å². The third-order valence-corrected chi connectivity index (χ3v) is 3.84. The summed E-state index contributed by atoms with van der Waals surface area (Å²) in [4.78, 5) is 0. The van der Waals surface area contributed by atoms with Gasteiger partial charge in [0.15, 0.2) is 0 Å². The summed E-state index contributed by atoms with van der Waals surface area (Å²) in [6, 6.07) is 1.65. The van der Waals surface area contributed by atoms with Crippen molar-refractivity contribution < 1.29 is 8.42 Å². The molecule has 0 aromatic carbocycles. The largest absolute Gasteiger partial charge is 0.252 e. The van der Waals surface area contributed by atoms with E-state index in [1.807, 2.05) is 0 Å². The van der Waals surface area contributed by atoms with E-state index >= 15 is 0 Å². The molecule has 0 atom stereocenters. The summed E-state index contributed by atoms with van der Waals surface area (Å²) in [7, 11) is -3.54. The second-order valence-corrected chi connectivity index (χ2v) is 8.25. The fourth-order valence-corrected chi connectivity index (χ4v) is 3.03. The summed E-state index contributed by atoms with van der Waals surface area (Å²) in [6.07, 6.45) is 0.924. The molecular weight excluding hydrogens is 279 g/mol. The standard InChI is InChI=1S/C4H5Cl3N2O2S2/c1-13(10,11)9(3-2-8)12-4(5,6)7/h3H2,1H3. The number of alkyl halides is 3. The first-order valence-electron chi connectivity index (χ1n) is 2.77. The van der Waals surface area contributed by atoms with Crippen molar-refractivity contribution in [3.8, 4) is 6.07 Å². The van der Waals surface area contributed by atoms with E-state index in [-0.39, 0.29) is 6.54 Å². The van der Waals surface area contributed by atoms with Crippen molar-refractivity contribution in [1.82, 2.24) is 3.71 Å². The van der Waals surface area contributed by atoms with Crippen LogP contribution >= 0.6 is 46.8 Å². The molecule has 0 heterocycles. The number of nitrogens with zero attached hydrogens (tertiary/aromatic N) is 2. The van der Waals surface area contributed by atoms with Crippen LogP contribution in [0.1, 0.15) is 0 Å². The average molecular weight is 284 g/mol. The average Bonchev–Trinajstić information content (AvgIpc) is 1.81. The van der Waals surface area contributed by atoms with Crippen LogP contribution in [0.3, 0.4) is 0 Å². The van der Waals surface area contributed by atoms with E-state index < -0.39 is 13.1 Å². The van der Waals surface area contributed by atoms with Gasteiger partial charge in [-0.25, -0.2) is 8.42 Å². The van der Waals surface area contributed by atoms with Crippen molar-refractivity contribution in [3.63, 3.8) is 0 Å². The first-order valence-corrected chi connectivity index (χ1v) is 6.53. The lowest BCUT2D eigenvalue weighted by Crippen LogP contribution is -2.26. The predicted octanol–water partition coefficient (Wildman–Crippen LogP) is 1.75. The number of hydrogen-bond acceptors (Lipinski definition) is 4. The normalized spacial score (nSPS) is 12.9. The molecule has 0 bridgehead atoms. The molecule has 0 saturated carbocycles. The molecule has 0 fully saturated rings. The monoisotopic (exact) mass is 282 g/mol. The summed E-state index contributed by atoms with van der Waals surface area (Å²) in [5, 5.41) is 8.30. The Hall–Kier alpha value is 0.620. The van der Waals surface area contributed by atoms with Gasteiger partial charge in [0, 0.05) is 0 Å². The molecule has 0 radical (unpaired) electrons. The molecule has 0 aliphatic carbocycles. The van der Waals surface area contributed by atoms with Gasteiger partial charge in [-0.15, -0.1) is 3.71 Å². The molecule has 9 heteroatoms. The summed E-state index contributed by atoms with van der Waals surface area (Å²) in [5.74, 6) is 0. The van der Waals surface area contributed by atoms with Crippen LogP contribution in [0.2, 0.25) is 0 Å². The van der Waals surface area contributed by atoms with E-state index in [2.05, 4.69) is 0 Å². The SMILES string of the molecule is CS(=O)(=O)N(CC#N)SC(Cl)(Cl)Cl. The maximum absolute atomic E-state index is 11.0. The molecule has 76 valence electrons. The molecule has 0 aliphatic rings. The summed E-state index contributed by atoms with van der Waals surface area (Å²) in [5.41, 5.74) is 0. The van der Waals surface area contributed by atoms with Gasteiger partial charge in [0.1, 0.15) is 6.54 Å². The Balaban J connectivity index is 4.58. The number of nitriles is 1. The summed E-state index contributed by atoms with van der Waals surface area (Å²) in [6.45, 7) is -0.364. The third kappa shape index (κ3) is 6.66. The van der Waals surface area contributed by atoms with Gasteiger partial charge < -0.3 is 0 Å². The number of sulfonamides is 1. The quantitative estimate of drug-likeness (QED) is 0.450. The zero-order valence-electron chi connectivity index (χ0n) is 6.37. The van der Waals surface area contributed by atoms with Crippen LogP contribution in [0.5, 0.6) is 0 Å². The molecule has 4 nitrogen and oxygen atoms in total. The topological polar surface area (TPSA) is 61.2 Å². The summed E-state index contributed by atoms with van der Waals surface area (Å²) < 4.78 is 20.9. The van der Waals surface area contributed by atoms with Crippen LogP contribution < -0.4 is 0 Å². The maximum Gasteiger partial charge on any atom is 0.252 e. The van der Waals surface area contributed by atoms with E-state index in [0.717, 1.165) is 6.26 Å². The molecule has 0 aliphatic heterocycles. The highest BCUT2D eigenvalue weighted by Gasteiger charge is 2.30. The smallest absolute Gasteiger partial charge is 0.212 e. The molecular formula is C4H5Cl3N2O2S2. The minimum atomic E-state index is -3.54. The Kier molecular flexibility index (Phi) is 5.15. The molecule has 0 N–H and O–H groups in total. The van der Waals surface area contributed by atoms with Crippen molar-refractivity contribution in [2.45, 2.75) is 3.12 Å². The van der Waals surface area contributed by atoms with Crippen LogP contribution in [-0.2, 0) is 10.0 Å². The van der Waals surface area contributed by atoms with Gasteiger partial charge in [0.05, 0.1) is 12.3 Å². The Morgan fingerprint density at radius 2 is 2.00 bits per heavy atom. The van der Waals surface area contributed by atoms with Gasteiger partial charge in [0.25, 0.3) is 3.12 Å². The van der Waals surface area contributed by atoms with Gasteiger partial charge in [-0.1, -0.05) is 34.8 Å². The van der Waals surface area contributed by atoms with Gasteiger partial charge in [-0.2, -0.15) is 5.26 Å².